The molecule has 0 spiro atoms. The van der Waals surface area contributed by atoms with Gasteiger partial charge in [0.2, 0.25) is 5.91 Å². The zero-order chi connectivity index (χ0) is 16.9. The maximum absolute atomic E-state index is 13.0. The maximum Gasteiger partial charge on any atom is 0.247 e. The minimum absolute atomic E-state index is 0.0345. The first kappa shape index (κ1) is 16.2. The van der Waals surface area contributed by atoms with Crippen molar-refractivity contribution in [2.45, 2.75) is 25.4 Å². The van der Waals surface area contributed by atoms with Crippen LogP contribution in [0, 0.1) is 5.82 Å². The largest absolute Gasteiger partial charge is 0.496 e. The van der Waals surface area contributed by atoms with Crippen molar-refractivity contribution >= 4 is 12.0 Å². The van der Waals surface area contributed by atoms with Gasteiger partial charge >= 0.3 is 0 Å². The van der Waals surface area contributed by atoms with Crippen molar-refractivity contribution in [2.24, 2.45) is 0 Å². The summed E-state index contributed by atoms with van der Waals surface area (Å²) in [6.07, 6.45) is 5.41. The van der Waals surface area contributed by atoms with Gasteiger partial charge in [0.1, 0.15) is 11.6 Å². The van der Waals surface area contributed by atoms with Gasteiger partial charge in [-0.15, -0.1) is 0 Å². The van der Waals surface area contributed by atoms with E-state index in [0.717, 1.165) is 29.7 Å². The molecule has 0 atom stereocenters. The first-order valence-corrected chi connectivity index (χ1v) is 8.03. The van der Waals surface area contributed by atoms with Crippen LogP contribution in [0.4, 0.5) is 4.39 Å². The molecule has 24 heavy (non-hydrogen) atoms. The summed E-state index contributed by atoms with van der Waals surface area (Å²) in [6, 6.07) is 14.2. The predicted octanol–water partition coefficient (Wildman–Crippen LogP) is 4.04. The molecule has 4 heteroatoms. The lowest BCUT2D eigenvalue weighted by atomic mass is 10.1. The van der Waals surface area contributed by atoms with Crippen LogP contribution >= 0.6 is 0 Å². The highest BCUT2D eigenvalue weighted by Gasteiger charge is 2.31. The van der Waals surface area contributed by atoms with Gasteiger partial charge in [-0.1, -0.05) is 30.3 Å². The third-order valence-electron chi connectivity index (χ3n) is 4.08. The minimum atomic E-state index is -0.265. The Morgan fingerprint density at radius 3 is 2.58 bits per heavy atom. The van der Waals surface area contributed by atoms with Gasteiger partial charge < -0.3 is 9.64 Å². The standard InChI is InChI=1S/C20H20FNO2/c1-24-19-5-3-2-4-16(19)8-13-20(23)22(18-11-12-18)14-15-6-9-17(21)10-7-15/h2-10,13,18H,11-12,14H2,1H3/b13-8+. The van der Waals surface area contributed by atoms with E-state index < -0.39 is 0 Å². The summed E-state index contributed by atoms with van der Waals surface area (Å²) < 4.78 is 18.3. The Kier molecular flexibility index (Phi) is 4.94. The summed E-state index contributed by atoms with van der Waals surface area (Å²) in [4.78, 5) is 14.4. The SMILES string of the molecule is COc1ccccc1/C=C/C(=O)N(Cc1ccc(F)cc1)C1CC1. The van der Waals surface area contributed by atoms with Gasteiger partial charge in [0.25, 0.3) is 0 Å². The van der Waals surface area contributed by atoms with E-state index >= 15 is 0 Å². The summed E-state index contributed by atoms with van der Waals surface area (Å²) in [5, 5.41) is 0. The van der Waals surface area contributed by atoms with Crippen LogP contribution in [0.5, 0.6) is 5.75 Å². The van der Waals surface area contributed by atoms with Gasteiger partial charge in [0.05, 0.1) is 7.11 Å². The van der Waals surface area contributed by atoms with Crippen LogP contribution in [0.25, 0.3) is 6.08 Å². The topological polar surface area (TPSA) is 29.5 Å². The molecule has 1 amide bonds. The Balaban J connectivity index is 1.73. The molecule has 124 valence electrons. The van der Waals surface area contributed by atoms with E-state index in [1.807, 2.05) is 29.2 Å². The third kappa shape index (κ3) is 4.02. The fourth-order valence-corrected chi connectivity index (χ4v) is 2.62. The van der Waals surface area contributed by atoms with Crippen LogP contribution in [0.1, 0.15) is 24.0 Å². The molecule has 3 nitrogen and oxygen atoms in total. The number of ether oxygens (including phenoxy) is 1. The van der Waals surface area contributed by atoms with E-state index in [4.69, 9.17) is 4.74 Å². The summed E-state index contributed by atoms with van der Waals surface area (Å²) >= 11 is 0. The van der Waals surface area contributed by atoms with Crippen molar-refractivity contribution in [3.05, 3.63) is 71.6 Å². The number of hydrogen-bond donors (Lipinski definition) is 0. The van der Waals surface area contributed by atoms with Crippen molar-refractivity contribution in [3.63, 3.8) is 0 Å². The number of halogens is 1. The number of para-hydroxylation sites is 1. The molecule has 1 fully saturated rings. The Hall–Kier alpha value is -2.62. The van der Waals surface area contributed by atoms with Crippen molar-refractivity contribution in [2.75, 3.05) is 7.11 Å². The molecule has 0 heterocycles. The lowest BCUT2D eigenvalue weighted by Crippen LogP contribution is -2.31. The average Bonchev–Trinajstić information content (AvgIpc) is 3.44. The minimum Gasteiger partial charge on any atom is -0.496 e. The van der Waals surface area contributed by atoms with Crippen LogP contribution in [0.2, 0.25) is 0 Å². The van der Waals surface area contributed by atoms with Crippen LogP contribution in [-0.2, 0) is 11.3 Å². The fraction of sp³-hybridized carbons (Fsp3) is 0.250. The highest BCUT2D eigenvalue weighted by molar-refractivity contribution is 5.92. The predicted molar refractivity (Wildman–Crippen MR) is 92.0 cm³/mol. The summed E-state index contributed by atoms with van der Waals surface area (Å²) in [5.41, 5.74) is 1.80. The Morgan fingerprint density at radius 2 is 1.92 bits per heavy atom. The number of carbonyl (C=O) groups excluding carboxylic acids is 1. The van der Waals surface area contributed by atoms with Gasteiger partial charge in [-0.2, -0.15) is 0 Å². The van der Waals surface area contributed by atoms with Crippen LogP contribution in [0.3, 0.4) is 0 Å². The highest BCUT2D eigenvalue weighted by Crippen LogP contribution is 2.29. The van der Waals surface area contributed by atoms with Gasteiger partial charge in [-0.3, -0.25) is 4.79 Å². The molecule has 0 aromatic heterocycles. The number of hydrogen-bond acceptors (Lipinski definition) is 2. The smallest absolute Gasteiger partial charge is 0.247 e. The van der Waals surface area contributed by atoms with E-state index in [1.165, 1.54) is 12.1 Å². The molecule has 1 aliphatic carbocycles. The molecular formula is C20H20FNO2. The quantitative estimate of drug-likeness (QED) is 0.750. The molecule has 3 rings (SSSR count). The fourth-order valence-electron chi connectivity index (χ4n) is 2.62. The van der Waals surface area contributed by atoms with Gasteiger partial charge in [0, 0.05) is 24.2 Å². The van der Waals surface area contributed by atoms with Crippen LogP contribution in [0.15, 0.2) is 54.6 Å². The van der Waals surface area contributed by atoms with Crippen molar-refractivity contribution in [3.8, 4) is 5.75 Å². The molecule has 2 aromatic carbocycles. The first-order chi connectivity index (χ1) is 11.7. The van der Waals surface area contributed by atoms with E-state index in [9.17, 15) is 9.18 Å². The number of nitrogens with zero attached hydrogens (tertiary/aromatic N) is 1. The molecule has 0 aliphatic heterocycles. The Labute approximate surface area is 141 Å². The normalized spacial score (nSPS) is 13.9. The van der Waals surface area contributed by atoms with Gasteiger partial charge in [0.15, 0.2) is 0 Å². The molecule has 0 radical (unpaired) electrons. The van der Waals surface area contributed by atoms with Crippen LogP contribution in [-0.4, -0.2) is 24.0 Å². The Bertz CT molecular complexity index is 736. The van der Waals surface area contributed by atoms with Gasteiger partial charge in [-0.05, 0) is 42.7 Å². The second kappa shape index (κ2) is 7.30. The summed E-state index contributed by atoms with van der Waals surface area (Å²) in [6.45, 7) is 0.500. The molecule has 1 aliphatic rings. The van der Waals surface area contributed by atoms with E-state index in [0.29, 0.717) is 6.54 Å². The monoisotopic (exact) mass is 325 g/mol. The van der Waals surface area contributed by atoms with E-state index in [-0.39, 0.29) is 17.8 Å². The highest BCUT2D eigenvalue weighted by atomic mass is 19.1. The average molecular weight is 325 g/mol. The summed E-state index contributed by atoms with van der Waals surface area (Å²) in [5.74, 6) is 0.435. The molecular weight excluding hydrogens is 305 g/mol. The lowest BCUT2D eigenvalue weighted by Gasteiger charge is -2.21. The third-order valence-corrected chi connectivity index (χ3v) is 4.08. The lowest BCUT2D eigenvalue weighted by molar-refractivity contribution is -0.127. The molecule has 0 unspecified atom stereocenters. The second-order valence-electron chi connectivity index (χ2n) is 5.90. The number of rotatable bonds is 6. The van der Waals surface area contributed by atoms with Crippen LogP contribution < -0.4 is 4.74 Å². The molecule has 0 bridgehead atoms. The zero-order valence-electron chi connectivity index (χ0n) is 13.6. The molecule has 0 saturated heterocycles. The van der Waals surface area contributed by atoms with Crippen molar-refractivity contribution in [1.29, 1.82) is 0 Å². The van der Waals surface area contributed by atoms with Crippen molar-refractivity contribution < 1.29 is 13.9 Å². The first-order valence-electron chi connectivity index (χ1n) is 8.03. The van der Waals surface area contributed by atoms with Gasteiger partial charge in [-0.25, -0.2) is 4.39 Å². The summed E-state index contributed by atoms with van der Waals surface area (Å²) in [7, 11) is 1.61. The number of amides is 1. The van der Waals surface area contributed by atoms with Crippen molar-refractivity contribution in [1.82, 2.24) is 4.90 Å². The molecule has 1 saturated carbocycles. The number of carbonyl (C=O) groups is 1. The van der Waals surface area contributed by atoms with E-state index in [1.54, 1.807) is 31.4 Å². The molecule has 2 aromatic rings. The van der Waals surface area contributed by atoms with E-state index in [2.05, 4.69) is 0 Å². The Morgan fingerprint density at radius 1 is 1.21 bits per heavy atom. The number of benzene rings is 2. The second-order valence-corrected chi connectivity index (χ2v) is 5.90. The number of methoxy groups -OCH3 is 1. The maximum atomic E-state index is 13.0. The zero-order valence-corrected chi connectivity index (χ0v) is 13.6. The molecule has 0 N–H and O–H groups in total.